The van der Waals surface area contributed by atoms with Gasteiger partial charge in [0.05, 0.1) is 4.90 Å². The molecule has 2 fully saturated rings. The van der Waals surface area contributed by atoms with Crippen LogP contribution in [-0.2, 0) is 14.8 Å². The van der Waals surface area contributed by atoms with Crippen molar-refractivity contribution >= 4 is 27.6 Å². The Bertz CT molecular complexity index is 675. The quantitative estimate of drug-likeness (QED) is 0.922. The minimum atomic E-state index is -3.83. The molecule has 1 aliphatic heterocycles. The highest BCUT2D eigenvalue weighted by atomic mass is 35.5. The molecular weight excluding hydrogens is 314 g/mol. The number of rotatable bonds is 3. The molecule has 21 heavy (non-hydrogen) atoms. The number of carboxylic acids is 1. The summed E-state index contributed by atoms with van der Waals surface area (Å²) in [6.07, 6.45) is 2.66. The van der Waals surface area contributed by atoms with Crippen molar-refractivity contribution < 1.29 is 18.3 Å². The molecule has 3 rings (SSSR count). The number of aliphatic carboxylic acids is 1. The number of carbonyl (C=O) groups is 1. The summed E-state index contributed by atoms with van der Waals surface area (Å²) in [7, 11) is -3.83. The van der Waals surface area contributed by atoms with Gasteiger partial charge in [0.1, 0.15) is 6.04 Å². The van der Waals surface area contributed by atoms with Crippen LogP contribution in [0.15, 0.2) is 29.2 Å². The van der Waals surface area contributed by atoms with Crippen molar-refractivity contribution in [3.8, 4) is 0 Å². The van der Waals surface area contributed by atoms with Crippen LogP contribution in [0.25, 0.3) is 0 Å². The van der Waals surface area contributed by atoms with Gasteiger partial charge >= 0.3 is 5.97 Å². The molecule has 1 aromatic rings. The fourth-order valence-electron chi connectivity index (χ4n) is 3.58. The third-order valence-corrected chi connectivity index (χ3v) is 6.58. The highest BCUT2D eigenvalue weighted by molar-refractivity contribution is 7.89. The summed E-state index contributed by atoms with van der Waals surface area (Å²) >= 11 is 5.85. The van der Waals surface area contributed by atoms with Crippen LogP contribution < -0.4 is 0 Å². The van der Waals surface area contributed by atoms with Gasteiger partial charge in [0, 0.05) is 11.6 Å². The number of halogens is 1. The van der Waals surface area contributed by atoms with Crippen LogP contribution in [0.3, 0.4) is 0 Å². The first kappa shape index (κ1) is 14.8. The zero-order valence-corrected chi connectivity index (χ0v) is 12.8. The maximum atomic E-state index is 12.7. The molecule has 0 aromatic heterocycles. The van der Waals surface area contributed by atoms with Gasteiger partial charge in [0.15, 0.2) is 0 Å². The van der Waals surface area contributed by atoms with Gasteiger partial charge in [-0.25, -0.2) is 8.42 Å². The minimum absolute atomic E-state index is 0.0567. The third-order valence-electron chi connectivity index (χ3n) is 4.50. The van der Waals surface area contributed by atoms with Gasteiger partial charge in [-0.2, -0.15) is 4.31 Å². The van der Waals surface area contributed by atoms with Crippen molar-refractivity contribution in [2.75, 3.05) is 6.54 Å². The largest absolute Gasteiger partial charge is 0.480 e. The van der Waals surface area contributed by atoms with E-state index in [-0.39, 0.29) is 23.3 Å². The van der Waals surface area contributed by atoms with Crippen LogP contribution in [0.5, 0.6) is 0 Å². The van der Waals surface area contributed by atoms with E-state index in [2.05, 4.69) is 0 Å². The summed E-state index contributed by atoms with van der Waals surface area (Å²) in [4.78, 5) is 11.6. The summed E-state index contributed by atoms with van der Waals surface area (Å²) in [5, 5.41) is 9.79. The predicted molar refractivity (Wildman–Crippen MR) is 77.6 cm³/mol. The summed E-state index contributed by atoms with van der Waals surface area (Å²) in [5.41, 5.74) is 0. The molecule has 114 valence electrons. The monoisotopic (exact) mass is 329 g/mol. The molecule has 1 saturated heterocycles. The first-order valence-corrected chi connectivity index (χ1v) is 8.73. The van der Waals surface area contributed by atoms with Gasteiger partial charge in [0.2, 0.25) is 10.0 Å². The molecule has 7 heteroatoms. The number of carboxylic acid groups (broad SMARTS) is 1. The van der Waals surface area contributed by atoms with Crippen LogP contribution in [0.4, 0.5) is 0 Å². The predicted octanol–water partition coefficient (Wildman–Crippen LogP) is 2.21. The Hall–Kier alpha value is -1.11. The standard InChI is InChI=1S/C14H16ClNO4S/c15-10-4-2-5-11(7-10)21(19,20)16-8-9-3-1-6-12(9)13(16)14(17)18/h2,4-5,7,9,12-13H,1,3,6,8H2,(H,17,18). The summed E-state index contributed by atoms with van der Waals surface area (Å²) in [5.74, 6) is -0.980. The molecule has 1 aromatic carbocycles. The van der Waals surface area contributed by atoms with Crippen molar-refractivity contribution in [3.05, 3.63) is 29.3 Å². The molecule has 0 spiro atoms. The Balaban J connectivity index is 2.00. The highest BCUT2D eigenvalue weighted by Gasteiger charge is 2.52. The second kappa shape index (κ2) is 5.26. The van der Waals surface area contributed by atoms with E-state index in [1.165, 1.54) is 12.1 Å². The number of benzene rings is 1. The lowest BCUT2D eigenvalue weighted by Gasteiger charge is -2.23. The zero-order valence-electron chi connectivity index (χ0n) is 11.3. The minimum Gasteiger partial charge on any atom is -0.480 e. The molecular formula is C14H16ClNO4S. The van der Waals surface area contributed by atoms with Gasteiger partial charge < -0.3 is 5.11 Å². The maximum absolute atomic E-state index is 12.7. The molecule has 1 aliphatic carbocycles. The van der Waals surface area contributed by atoms with Gasteiger partial charge in [-0.05, 0) is 42.9 Å². The molecule has 3 unspecified atom stereocenters. The van der Waals surface area contributed by atoms with Crippen LogP contribution in [0.1, 0.15) is 19.3 Å². The molecule has 3 atom stereocenters. The number of hydrogen-bond donors (Lipinski definition) is 1. The van der Waals surface area contributed by atoms with Crippen LogP contribution in [0.2, 0.25) is 5.02 Å². The van der Waals surface area contributed by atoms with Gasteiger partial charge in [0.25, 0.3) is 0 Å². The summed E-state index contributed by atoms with van der Waals surface area (Å²) in [6, 6.07) is 5.01. The lowest BCUT2D eigenvalue weighted by Crippen LogP contribution is -2.43. The van der Waals surface area contributed by atoms with E-state index in [4.69, 9.17) is 11.6 Å². The zero-order chi connectivity index (χ0) is 15.2. The van der Waals surface area contributed by atoms with E-state index in [0.717, 1.165) is 23.6 Å². The number of hydrogen-bond acceptors (Lipinski definition) is 3. The van der Waals surface area contributed by atoms with E-state index in [9.17, 15) is 18.3 Å². The van der Waals surface area contributed by atoms with Crippen molar-refractivity contribution in [2.24, 2.45) is 11.8 Å². The van der Waals surface area contributed by atoms with E-state index in [1.807, 2.05) is 0 Å². The second-order valence-electron chi connectivity index (χ2n) is 5.67. The van der Waals surface area contributed by atoms with Crippen molar-refractivity contribution in [1.29, 1.82) is 0 Å². The molecule has 5 nitrogen and oxygen atoms in total. The Morgan fingerprint density at radius 2 is 2.10 bits per heavy atom. The van der Waals surface area contributed by atoms with Crippen LogP contribution >= 0.6 is 11.6 Å². The molecule has 0 bridgehead atoms. The average molecular weight is 330 g/mol. The van der Waals surface area contributed by atoms with Crippen molar-refractivity contribution in [2.45, 2.75) is 30.2 Å². The smallest absolute Gasteiger partial charge is 0.322 e. The first-order chi connectivity index (χ1) is 9.91. The average Bonchev–Trinajstić information content (AvgIpc) is 2.97. The van der Waals surface area contributed by atoms with E-state index in [0.29, 0.717) is 5.02 Å². The second-order valence-corrected chi connectivity index (χ2v) is 8.00. The fourth-order valence-corrected chi connectivity index (χ4v) is 5.57. The van der Waals surface area contributed by atoms with Gasteiger partial charge in [-0.15, -0.1) is 0 Å². The number of sulfonamides is 1. The Labute approximate surface area is 128 Å². The number of nitrogens with zero attached hydrogens (tertiary/aromatic N) is 1. The fraction of sp³-hybridized carbons (Fsp3) is 0.500. The van der Waals surface area contributed by atoms with Crippen LogP contribution in [-0.4, -0.2) is 36.4 Å². The lowest BCUT2D eigenvalue weighted by molar-refractivity contribution is -0.142. The topological polar surface area (TPSA) is 74.7 Å². The van der Waals surface area contributed by atoms with Crippen molar-refractivity contribution in [1.82, 2.24) is 4.31 Å². The summed E-state index contributed by atoms with van der Waals surface area (Å²) < 4.78 is 26.6. The highest BCUT2D eigenvalue weighted by Crippen LogP contribution is 2.44. The maximum Gasteiger partial charge on any atom is 0.322 e. The number of fused-ring (bicyclic) bond motifs is 1. The Kier molecular flexibility index (Phi) is 3.71. The van der Waals surface area contributed by atoms with Crippen molar-refractivity contribution in [3.63, 3.8) is 0 Å². The Morgan fingerprint density at radius 1 is 1.33 bits per heavy atom. The summed E-state index contributed by atoms with van der Waals surface area (Å²) in [6.45, 7) is 0.288. The Morgan fingerprint density at radius 3 is 2.76 bits per heavy atom. The molecule has 1 saturated carbocycles. The van der Waals surface area contributed by atoms with Gasteiger partial charge in [-0.1, -0.05) is 24.1 Å². The van der Waals surface area contributed by atoms with E-state index < -0.39 is 22.0 Å². The molecule has 1 heterocycles. The molecule has 2 aliphatic rings. The molecule has 0 radical (unpaired) electrons. The first-order valence-electron chi connectivity index (χ1n) is 6.91. The lowest BCUT2D eigenvalue weighted by atomic mass is 9.94. The molecule has 1 N–H and O–H groups in total. The van der Waals surface area contributed by atoms with E-state index in [1.54, 1.807) is 12.1 Å². The van der Waals surface area contributed by atoms with Gasteiger partial charge in [-0.3, -0.25) is 4.79 Å². The SMILES string of the molecule is O=C(O)C1C2CCCC2CN1S(=O)(=O)c1cccc(Cl)c1. The third kappa shape index (κ3) is 2.45. The normalized spacial score (nSPS) is 29.5. The van der Waals surface area contributed by atoms with E-state index >= 15 is 0 Å². The van der Waals surface area contributed by atoms with Crippen LogP contribution in [0, 0.1) is 11.8 Å². The molecule has 0 amide bonds.